The Morgan fingerprint density at radius 1 is 1.21 bits per heavy atom. The number of ether oxygens (including phenoxy) is 1. The van der Waals surface area contributed by atoms with Crippen molar-refractivity contribution in [3.63, 3.8) is 0 Å². The van der Waals surface area contributed by atoms with Crippen LogP contribution in [0.3, 0.4) is 0 Å². The van der Waals surface area contributed by atoms with E-state index in [1.165, 1.54) is 6.07 Å². The van der Waals surface area contributed by atoms with E-state index in [0.717, 1.165) is 30.0 Å². The fourth-order valence-corrected chi connectivity index (χ4v) is 3.75. The number of nitrogens with zero attached hydrogens (tertiary/aromatic N) is 3. The van der Waals surface area contributed by atoms with Gasteiger partial charge in [-0.2, -0.15) is 5.10 Å². The fraction of sp³-hybridized carbons (Fsp3) is 0.318. The zero-order valence-corrected chi connectivity index (χ0v) is 17.6. The van der Waals surface area contributed by atoms with Crippen LogP contribution in [0.2, 0.25) is 0 Å². The van der Waals surface area contributed by atoms with Gasteiger partial charge in [-0.25, -0.2) is 13.9 Å². The maximum absolute atomic E-state index is 14.2. The Kier molecular flexibility index (Phi) is 5.37. The van der Waals surface area contributed by atoms with Crippen molar-refractivity contribution in [1.29, 1.82) is 0 Å². The molecule has 1 fully saturated rings. The quantitative estimate of drug-likeness (QED) is 0.522. The first kappa shape index (κ1) is 20.9. The second kappa shape index (κ2) is 8.49. The number of fused-ring (bicyclic) bond motifs is 2. The highest BCUT2D eigenvalue weighted by Gasteiger charge is 2.23. The summed E-state index contributed by atoms with van der Waals surface area (Å²) in [6.45, 7) is 0.602. The molecule has 5 rings (SSSR count). The Morgan fingerprint density at radius 2 is 2.06 bits per heavy atom. The molecule has 0 bridgehead atoms. The van der Waals surface area contributed by atoms with E-state index < -0.39 is 17.6 Å². The first-order valence-electron chi connectivity index (χ1n) is 10.6. The molecule has 3 N–H and O–H groups in total. The second-order valence-corrected chi connectivity index (χ2v) is 8.11. The van der Waals surface area contributed by atoms with Crippen LogP contribution < -0.4 is 20.7 Å². The zero-order chi connectivity index (χ0) is 22.9. The molecular weight excluding hydrogens is 431 g/mol. The van der Waals surface area contributed by atoms with E-state index in [1.54, 1.807) is 18.2 Å². The van der Waals surface area contributed by atoms with E-state index in [0.29, 0.717) is 29.5 Å². The van der Waals surface area contributed by atoms with Gasteiger partial charge in [-0.15, -0.1) is 0 Å². The average Bonchev–Trinajstić information content (AvgIpc) is 3.16. The van der Waals surface area contributed by atoms with Crippen molar-refractivity contribution in [3.8, 4) is 5.75 Å². The molecule has 0 spiro atoms. The predicted octanol–water partition coefficient (Wildman–Crippen LogP) is 1.66. The molecule has 1 saturated carbocycles. The number of carbonyl (C=O) groups excluding carboxylic acids is 3. The van der Waals surface area contributed by atoms with Crippen molar-refractivity contribution < 1.29 is 23.5 Å². The highest BCUT2D eigenvalue weighted by Crippen LogP contribution is 2.28. The molecule has 1 aliphatic heterocycles. The van der Waals surface area contributed by atoms with Crippen LogP contribution in [0, 0.1) is 11.7 Å². The third kappa shape index (κ3) is 4.21. The van der Waals surface area contributed by atoms with Gasteiger partial charge in [0.1, 0.15) is 17.1 Å². The third-order valence-corrected chi connectivity index (χ3v) is 5.80. The van der Waals surface area contributed by atoms with Crippen molar-refractivity contribution >= 4 is 29.1 Å². The fourth-order valence-electron chi connectivity index (χ4n) is 3.75. The number of carbonyl (C=O) groups is 3. The molecule has 170 valence electrons. The Bertz CT molecular complexity index is 1270. The monoisotopic (exact) mass is 452 g/mol. The Hall–Kier alpha value is -4.02. The van der Waals surface area contributed by atoms with Gasteiger partial charge in [0.25, 0.3) is 17.7 Å². The van der Waals surface area contributed by atoms with Gasteiger partial charge < -0.3 is 20.7 Å². The number of amides is 3. The number of hydrogen-bond donors (Lipinski definition) is 3. The molecule has 0 atom stereocenters. The lowest BCUT2D eigenvalue weighted by molar-refractivity contribution is -0.118. The number of benzene rings is 1. The summed E-state index contributed by atoms with van der Waals surface area (Å²) in [5, 5.41) is 12.1. The average molecular weight is 452 g/mol. The molecule has 0 saturated heterocycles. The van der Waals surface area contributed by atoms with Crippen LogP contribution in [0.4, 0.5) is 10.1 Å². The topological polar surface area (TPSA) is 127 Å². The third-order valence-electron chi connectivity index (χ3n) is 5.80. The van der Waals surface area contributed by atoms with Gasteiger partial charge in [0.2, 0.25) is 0 Å². The first-order chi connectivity index (χ1) is 16.0. The summed E-state index contributed by atoms with van der Waals surface area (Å²) in [4.78, 5) is 41.1. The van der Waals surface area contributed by atoms with Crippen LogP contribution in [0.1, 0.15) is 45.8 Å². The summed E-state index contributed by atoms with van der Waals surface area (Å²) in [6.07, 6.45) is 4.23. The summed E-state index contributed by atoms with van der Waals surface area (Å²) in [5.74, 6) is -1.03. The molecular formula is C22H21FN6O4. The Morgan fingerprint density at radius 3 is 2.85 bits per heavy atom. The SMILES string of the molecule is O=C1COc2ccc(CNC(=O)c3cc(C(=O)NCC4CCC4)n4ncc(F)c4n3)cc2N1. The van der Waals surface area contributed by atoms with Gasteiger partial charge >= 0.3 is 0 Å². The van der Waals surface area contributed by atoms with Crippen LogP contribution in [0.5, 0.6) is 5.75 Å². The van der Waals surface area contributed by atoms with Gasteiger partial charge in [-0.1, -0.05) is 12.5 Å². The van der Waals surface area contributed by atoms with Crippen LogP contribution in [0.15, 0.2) is 30.5 Å². The van der Waals surface area contributed by atoms with E-state index in [-0.39, 0.29) is 36.1 Å². The number of rotatable bonds is 6. The normalized spacial score (nSPS) is 15.2. The smallest absolute Gasteiger partial charge is 0.270 e. The lowest BCUT2D eigenvalue weighted by Gasteiger charge is -2.25. The van der Waals surface area contributed by atoms with Crippen LogP contribution in [0.25, 0.3) is 5.65 Å². The summed E-state index contributed by atoms with van der Waals surface area (Å²) < 4.78 is 20.6. The zero-order valence-electron chi connectivity index (χ0n) is 17.6. The highest BCUT2D eigenvalue weighted by molar-refractivity contribution is 5.98. The maximum Gasteiger partial charge on any atom is 0.270 e. The number of nitrogens with one attached hydrogen (secondary N) is 3. The van der Waals surface area contributed by atoms with E-state index in [2.05, 4.69) is 26.0 Å². The molecule has 10 nitrogen and oxygen atoms in total. The second-order valence-electron chi connectivity index (χ2n) is 8.11. The minimum atomic E-state index is -0.733. The first-order valence-corrected chi connectivity index (χ1v) is 10.6. The largest absolute Gasteiger partial charge is 0.482 e. The number of hydrogen-bond acceptors (Lipinski definition) is 6. The van der Waals surface area contributed by atoms with Crippen molar-refractivity contribution in [2.45, 2.75) is 25.8 Å². The molecule has 0 radical (unpaired) electrons. The van der Waals surface area contributed by atoms with Crippen LogP contribution in [-0.2, 0) is 11.3 Å². The lowest BCUT2D eigenvalue weighted by Crippen LogP contribution is -2.34. The number of anilines is 1. The molecule has 11 heteroatoms. The lowest BCUT2D eigenvalue weighted by atomic mass is 9.85. The highest BCUT2D eigenvalue weighted by atomic mass is 19.1. The molecule has 3 aromatic rings. The van der Waals surface area contributed by atoms with Gasteiger partial charge in [-0.3, -0.25) is 14.4 Å². The Balaban J connectivity index is 1.33. The predicted molar refractivity (Wildman–Crippen MR) is 114 cm³/mol. The van der Waals surface area contributed by atoms with E-state index in [9.17, 15) is 18.8 Å². The Labute approximate surface area is 187 Å². The van der Waals surface area contributed by atoms with Gasteiger partial charge in [-0.05, 0) is 36.5 Å². The minimum Gasteiger partial charge on any atom is -0.482 e. The molecule has 3 amide bonds. The summed E-state index contributed by atoms with van der Waals surface area (Å²) in [5.41, 5.74) is 0.949. The molecule has 3 heterocycles. The van der Waals surface area contributed by atoms with Gasteiger partial charge in [0, 0.05) is 19.2 Å². The van der Waals surface area contributed by atoms with Crippen molar-refractivity contribution in [3.05, 3.63) is 53.2 Å². The maximum atomic E-state index is 14.2. The molecule has 33 heavy (non-hydrogen) atoms. The van der Waals surface area contributed by atoms with Gasteiger partial charge in [0.05, 0.1) is 11.9 Å². The van der Waals surface area contributed by atoms with E-state index >= 15 is 0 Å². The van der Waals surface area contributed by atoms with Crippen LogP contribution >= 0.6 is 0 Å². The van der Waals surface area contributed by atoms with Crippen molar-refractivity contribution in [2.24, 2.45) is 5.92 Å². The minimum absolute atomic E-state index is 0.0296. The summed E-state index contributed by atoms with van der Waals surface area (Å²) >= 11 is 0. The molecule has 0 unspecified atom stereocenters. The standard InChI is InChI=1S/C22H21FN6O4/c23-14-10-26-29-17(22(32)25-8-12-2-1-3-12)7-16(28-20(14)29)21(31)24-9-13-4-5-18-15(6-13)27-19(30)11-33-18/h4-7,10,12H,1-3,8-9,11H2,(H,24,31)(H,25,32)(H,27,30). The van der Waals surface area contributed by atoms with Crippen molar-refractivity contribution in [2.75, 3.05) is 18.5 Å². The van der Waals surface area contributed by atoms with Crippen molar-refractivity contribution in [1.82, 2.24) is 25.2 Å². The number of halogens is 1. The molecule has 1 aromatic carbocycles. The van der Waals surface area contributed by atoms with E-state index in [4.69, 9.17) is 4.74 Å². The molecule has 2 aromatic heterocycles. The summed E-state index contributed by atoms with van der Waals surface area (Å²) in [6, 6.07) is 6.45. The van der Waals surface area contributed by atoms with Gasteiger partial charge in [0.15, 0.2) is 18.1 Å². The summed E-state index contributed by atoms with van der Waals surface area (Å²) in [7, 11) is 0. The number of aromatic nitrogens is 3. The van der Waals surface area contributed by atoms with E-state index in [1.807, 2.05) is 0 Å². The van der Waals surface area contributed by atoms with Crippen LogP contribution in [-0.4, -0.2) is 45.5 Å². The molecule has 2 aliphatic rings. The molecule has 1 aliphatic carbocycles.